The zero-order chi connectivity index (χ0) is 17.0. The van der Waals surface area contributed by atoms with Crippen molar-refractivity contribution in [2.75, 3.05) is 0 Å². The molecule has 2 aromatic heterocycles. The number of nitrogens with zero attached hydrogens (tertiary/aromatic N) is 3. The van der Waals surface area contributed by atoms with E-state index in [9.17, 15) is 4.79 Å². The zero-order valence-corrected chi connectivity index (χ0v) is 13.7. The number of aryl methyl sites for hydroxylation is 1. The Morgan fingerprint density at radius 2 is 1.60 bits per heavy atom. The van der Waals surface area contributed by atoms with Crippen LogP contribution in [0.4, 0.5) is 0 Å². The van der Waals surface area contributed by atoms with E-state index < -0.39 is 0 Å². The molecule has 4 heteroatoms. The molecule has 5 rings (SSSR count). The second-order valence-electron chi connectivity index (χ2n) is 6.19. The van der Waals surface area contributed by atoms with E-state index in [1.807, 2.05) is 84.4 Å². The van der Waals surface area contributed by atoms with Gasteiger partial charge in [0, 0.05) is 5.39 Å². The van der Waals surface area contributed by atoms with Gasteiger partial charge in [-0.05, 0) is 42.8 Å². The molecule has 0 aliphatic rings. The van der Waals surface area contributed by atoms with Gasteiger partial charge in [0.1, 0.15) is 0 Å². The first-order valence-corrected chi connectivity index (χ1v) is 8.23. The number of fused-ring (bicyclic) bond motifs is 4. The van der Waals surface area contributed by atoms with Crippen LogP contribution in [0.5, 0.6) is 0 Å². The molecule has 2 heterocycles. The van der Waals surface area contributed by atoms with Crippen LogP contribution in [-0.4, -0.2) is 14.2 Å². The molecule has 0 saturated heterocycles. The molecular weight excluding hydrogens is 310 g/mol. The van der Waals surface area contributed by atoms with Gasteiger partial charge in [0.05, 0.1) is 22.1 Å². The molecule has 0 spiro atoms. The Labute approximate surface area is 143 Å². The largest absolute Gasteiger partial charge is 0.281 e. The molecule has 3 aromatic carbocycles. The summed E-state index contributed by atoms with van der Waals surface area (Å²) < 4.78 is 3.64. The summed E-state index contributed by atoms with van der Waals surface area (Å²) >= 11 is 0. The highest BCUT2D eigenvalue weighted by molar-refractivity contribution is 5.96. The summed E-state index contributed by atoms with van der Waals surface area (Å²) in [6, 6.07) is 23.7. The van der Waals surface area contributed by atoms with Gasteiger partial charge in [0.2, 0.25) is 0 Å². The van der Waals surface area contributed by atoms with Crippen LogP contribution in [0.3, 0.4) is 0 Å². The van der Waals surface area contributed by atoms with Crippen LogP contribution in [0.15, 0.2) is 77.6 Å². The average molecular weight is 325 g/mol. The molecular formula is C21H15N3O. The average Bonchev–Trinajstić information content (AvgIpc) is 2.97. The fraction of sp³-hybridized carbons (Fsp3) is 0.0476. The number of aromatic nitrogens is 3. The molecule has 0 unspecified atom stereocenters. The molecule has 0 N–H and O–H groups in total. The second kappa shape index (κ2) is 5.05. The van der Waals surface area contributed by atoms with Gasteiger partial charge in [-0.25, -0.2) is 9.67 Å². The van der Waals surface area contributed by atoms with Gasteiger partial charge in [-0.2, -0.15) is 4.52 Å². The van der Waals surface area contributed by atoms with Crippen molar-refractivity contribution in [3.8, 4) is 5.69 Å². The Morgan fingerprint density at radius 3 is 2.44 bits per heavy atom. The molecule has 5 aromatic rings. The molecule has 0 bridgehead atoms. The van der Waals surface area contributed by atoms with E-state index in [-0.39, 0.29) is 5.56 Å². The fourth-order valence-corrected chi connectivity index (χ4v) is 3.53. The SMILES string of the molecule is Cc1cccc2nc3c4ccccc4n(-c4ccccc4)n3c(=O)c12. The standard InChI is InChI=1S/C21H15N3O/c1-14-8-7-12-17-19(14)21(25)24-20(22-17)16-11-5-6-13-18(16)23(24)15-9-3-2-4-10-15/h2-13H,1H3. The van der Waals surface area contributed by atoms with Crippen molar-refractivity contribution in [3.63, 3.8) is 0 Å². The molecule has 0 radical (unpaired) electrons. The predicted molar refractivity (Wildman–Crippen MR) is 101 cm³/mol. The first-order chi connectivity index (χ1) is 12.3. The van der Waals surface area contributed by atoms with Gasteiger partial charge in [0.25, 0.3) is 5.56 Å². The molecule has 0 aliphatic heterocycles. The Hall–Kier alpha value is -3.40. The number of benzene rings is 3. The molecule has 0 saturated carbocycles. The quantitative estimate of drug-likeness (QED) is 0.465. The maximum Gasteiger partial charge on any atom is 0.281 e. The highest BCUT2D eigenvalue weighted by atomic mass is 16.1. The summed E-state index contributed by atoms with van der Waals surface area (Å²) in [5, 5.41) is 1.63. The van der Waals surface area contributed by atoms with E-state index in [2.05, 4.69) is 0 Å². The van der Waals surface area contributed by atoms with Crippen LogP contribution < -0.4 is 5.56 Å². The van der Waals surface area contributed by atoms with Gasteiger partial charge in [0.15, 0.2) is 5.65 Å². The van der Waals surface area contributed by atoms with E-state index in [0.717, 1.165) is 27.7 Å². The zero-order valence-electron chi connectivity index (χ0n) is 13.7. The lowest BCUT2D eigenvalue weighted by molar-refractivity contribution is 0.794. The fourth-order valence-electron chi connectivity index (χ4n) is 3.53. The van der Waals surface area contributed by atoms with Crippen LogP contribution >= 0.6 is 0 Å². The van der Waals surface area contributed by atoms with E-state index in [1.54, 1.807) is 4.52 Å². The van der Waals surface area contributed by atoms with Gasteiger partial charge in [-0.15, -0.1) is 0 Å². The van der Waals surface area contributed by atoms with Crippen molar-refractivity contribution >= 4 is 27.5 Å². The topological polar surface area (TPSA) is 39.3 Å². The number of hydrogen-bond donors (Lipinski definition) is 0. The number of hydrogen-bond acceptors (Lipinski definition) is 2. The Kier molecular flexibility index (Phi) is 2.82. The summed E-state index contributed by atoms with van der Waals surface area (Å²) in [6.45, 7) is 1.95. The minimum Gasteiger partial charge on any atom is -0.267 e. The highest BCUT2D eigenvalue weighted by Gasteiger charge is 2.17. The molecule has 25 heavy (non-hydrogen) atoms. The lowest BCUT2D eigenvalue weighted by Crippen LogP contribution is -2.21. The monoisotopic (exact) mass is 325 g/mol. The summed E-state index contributed by atoms with van der Waals surface area (Å²) in [5.74, 6) is 0. The van der Waals surface area contributed by atoms with E-state index in [1.165, 1.54) is 0 Å². The molecule has 4 nitrogen and oxygen atoms in total. The third-order valence-electron chi connectivity index (χ3n) is 4.66. The molecule has 0 atom stereocenters. The third-order valence-corrected chi connectivity index (χ3v) is 4.66. The van der Waals surface area contributed by atoms with Crippen molar-refractivity contribution in [1.82, 2.24) is 14.2 Å². The Balaban J connectivity index is 2.11. The third kappa shape index (κ3) is 1.88. The van der Waals surface area contributed by atoms with Crippen LogP contribution in [-0.2, 0) is 0 Å². The van der Waals surface area contributed by atoms with Crippen molar-refractivity contribution < 1.29 is 0 Å². The van der Waals surface area contributed by atoms with Gasteiger partial charge in [-0.3, -0.25) is 4.79 Å². The summed E-state index contributed by atoms with van der Waals surface area (Å²) in [6.07, 6.45) is 0. The number of para-hydroxylation sites is 2. The maximum atomic E-state index is 13.4. The first kappa shape index (κ1) is 14.0. The second-order valence-corrected chi connectivity index (χ2v) is 6.19. The minimum absolute atomic E-state index is 0.0434. The van der Waals surface area contributed by atoms with E-state index in [0.29, 0.717) is 11.0 Å². The summed E-state index contributed by atoms with van der Waals surface area (Å²) in [7, 11) is 0. The smallest absolute Gasteiger partial charge is 0.267 e. The van der Waals surface area contributed by atoms with E-state index in [4.69, 9.17) is 4.98 Å². The molecule has 0 fully saturated rings. The lowest BCUT2D eigenvalue weighted by atomic mass is 10.1. The van der Waals surface area contributed by atoms with Crippen LogP contribution in [0.25, 0.3) is 33.1 Å². The minimum atomic E-state index is -0.0434. The van der Waals surface area contributed by atoms with Crippen LogP contribution in [0.1, 0.15) is 5.56 Å². The predicted octanol–water partition coefficient (Wildman–Crippen LogP) is 4.10. The van der Waals surface area contributed by atoms with Crippen molar-refractivity contribution in [2.45, 2.75) is 6.92 Å². The molecule has 0 amide bonds. The number of rotatable bonds is 1. The Morgan fingerprint density at radius 1 is 0.840 bits per heavy atom. The van der Waals surface area contributed by atoms with Gasteiger partial charge >= 0.3 is 0 Å². The highest BCUT2D eigenvalue weighted by Crippen LogP contribution is 2.25. The summed E-state index contributed by atoms with van der Waals surface area (Å²) in [5.41, 5.74) is 4.22. The Bertz CT molecular complexity index is 1310. The van der Waals surface area contributed by atoms with Crippen molar-refractivity contribution in [2.24, 2.45) is 0 Å². The summed E-state index contributed by atoms with van der Waals surface area (Å²) in [4.78, 5) is 18.2. The van der Waals surface area contributed by atoms with E-state index >= 15 is 0 Å². The van der Waals surface area contributed by atoms with Gasteiger partial charge in [-0.1, -0.05) is 42.5 Å². The lowest BCUT2D eigenvalue weighted by Gasteiger charge is -2.09. The first-order valence-electron chi connectivity index (χ1n) is 8.23. The van der Waals surface area contributed by atoms with Crippen LogP contribution in [0.2, 0.25) is 0 Å². The normalized spacial score (nSPS) is 11.6. The maximum absolute atomic E-state index is 13.4. The van der Waals surface area contributed by atoms with Gasteiger partial charge < -0.3 is 0 Å². The van der Waals surface area contributed by atoms with Crippen molar-refractivity contribution in [1.29, 1.82) is 0 Å². The van der Waals surface area contributed by atoms with Crippen LogP contribution in [0, 0.1) is 6.92 Å². The molecule has 120 valence electrons. The van der Waals surface area contributed by atoms with Crippen molar-refractivity contribution in [3.05, 3.63) is 88.7 Å². The molecule has 0 aliphatic carbocycles.